The van der Waals surface area contributed by atoms with E-state index in [1.165, 1.54) is 0 Å². The first-order valence-electron chi connectivity index (χ1n) is 9.07. The first kappa shape index (κ1) is 17.7. The average molecular weight is 382 g/mol. The molecule has 3 aromatic rings. The monoisotopic (exact) mass is 381 g/mol. The van der Waals surface area contributed by atoms with Gasteiger partial charge in [0.25, 0.3) is 5.91 Å². The Morgan fingerprint density at radius 1 is 1.19 bits per heavy atom. The maximum Gasteiger partial charge on any atom is 0.254 e. The van der Waals surface area contributed by atoms with Crippen LogP contribution in [0.2, 0.25) is 5.02 Å². The Labute approximate surface area is 163 Å². The number of hydrogen-bond acceptors (Lipinski definition) is 4. The molecule has 0 unspecified atom stereocenters. The second kappa shape index (κ2) is 7.53. The van der Waals surface area contributed by atoms with Crippen molar-refractivity contribution in [2.24, 2.45) is 0 Å². The van der Waals surface area contributed by atoms with Gasteiger partial charge in [-0.1, -0.05) is 53.2 Å². The molecule has 138 valence electrons. The molecule has 2 heterocycles. The molecule has 0 bridgehead atoms. The summed E-state index contributed by atoms with van der Waals surface area (Å²) in [5.74, 6) is 1.23. The first-order chi connectivity index (χ1) is 13.1. The third kappa shape index (κ3) is 3.60. The zero-order valence-corrected chi connectivity index (χ0v) is 15.8. The Bertz CT molecular complexity index is 955. The highest BCUT2D eigenvalue weighted by molar-refractivity contribution is 6.31. The number of benzene rings is 2. The van der Waals surface area contributed by atoms with Crippen LogP contribution in [0.1, 0.15) is 40.6 Å². The number of likely N-dealkylation sites (tertiary alicyclic amines) is 1. The van der Waals surface area contributed by atoms with Crippen molar-refractivity contribution in [3.8, 4) is 11.4 Å². The average Bonchev–Trinajstić information content (AvgIpc) is 3.21. The van der Waals surface area contributed by atoms with Gasteiger partial charge in [0, 0.05) is 29.2 Å². The molecule has 1 saturated heterocycles. The summed E-state index contributed by atoms with van der Waals surface area (Å²) in [4.78, 5) is 19.4. The van der Waals surface area contributed by atoms with Crippen LogP contribution >= 0.6 is 11.6 Å². The van der Waals surface area contributed by atoms with Crippen LogP contribution in [0.25, 0.3) is 11.4 Å². The summed E-state index contributed by atoms with van der Waals surface area (Å²) in [5, 5.41) is 4.72. The lowest BCUT2D eigenvalue weighted by molar-refractivity contribution is 0.0695. The van der Waals surface area contributed by atoms with Crippen molar-refractivity contribution >= 4 is 17.5 Å². The largest absolute Gasteiger partial charge is 0.339 e. The fourth-order valence-electron chi connectivity index (χ4n) is 3.48. The van der Waals surface area contributed by atoms with Crippen molar-refractivity contribution in [3.63, 3.8) is 0 Å². The van der Waals surface area contributed by atoms with E-state index in [1.807, 2.05) is 54.3 Å². The number of aromatic nitrogens is 2. The van der Waals surface area contributed by atoms with Gasteiger partial charge in [-0.05, 0) is 37.5 Å². The smallest absolute Gasteiger partial charge is 0.254 e. The number of nitrogens with zero attached hydrogens (tertiary/aromatic N) is 3. The van der Waals surface area contributed by atoms with Crippen molar-refractivity contribution in [3.05, 3.63) is 70.6 Å². The molecule has 4 rings (SSSR count). The highest BCUT2D eigenvalue weighted by Crippen LogP contribution is 2.29. The minimum absolute atomic E-state index is 0.00231. The molecule has 0 N–H and O–H groups in total. The van der Waals surface area contributed by atoms with Crippen molar-refractivity contribution in [2.45, 2.75) is 25.7 Å². The zero-order chi connectivity index (χ0) is 18.8. The maximum absolute atomic E-state index is 13.0. The minimum Gasteiger partial charge on any atom is -0.339 e. The quantitative estimate of drug-likeness (QED) is 0.658. The standard InChI is InChI=1S/C21H20ClN3O2/c1-14-17(10-5-11-18(14)22)21(26)25-12-6-9-16(13-25)20-23-19(24-27-20)15-7-3-2-4-8-15/h2-5,7-8,10-11,16H,6,9,12-13H2,1H3/t16-/m0/s1. The highest BCUT2D eigenvalue weighted by atomic mass is 35.5. The predicted octanol–water partition coefficient (Wildman–Crippen LogP) is 4.72. The van der Waals surface area contributed by atoms with Gasteiger partial charge >= 0.3 is 0 Å². The highest BCUT2D eigenvalue weighted by Gasteiger charge is 2.29. The Morgan fingerprint density at radius 2 is 2.00 bits per heavy atom. The van der Waals surface area contributed by atoms with Crippen LogP contribution in [0.15, 0.2) is 53.1 Å². The Kier molecular flexibility index (Phi) is 4.94. The van der Waals surface area contributed by atoms with Gasteiger partial charge in [-0.2, -0.15) is 4.98 Å². The van der Waals surface area contributed by atoms with Crippen molar-refractivity contribution in [2.75, 3.05) is 13.1 Å². The third-order valence-corrected chi connectivity index (χ3v) is 5.44. The number of amides is 1. The molecule has 2 aromatic carbocycles. The molecule has 1 atom stereocenters. The summed E-state index contributed by atoms with van der Waals surface area (Å²) in [7, 11) is 0. The second-order valence-corrected chi connectivity index (χ2v) is 7.23. The van der Waals surface area contributed by atoms with Gasteiger partial charge in [0.15, 0.2) is 0 Å². The molecule has 0 aliphatic carbocycles. The van der Waals surface area contributed by atoms with Gasteiger partial charge in [-0.25, -0.2) is 0 Å². The second-order valence-electron chi connectivity index (χ2n) is 6.82. The summed E-state index contributed by atoms with van der Waals surface area (Å²) in [6.45, 7) is 3.17. The number of halogens is 1. The summed E-state index contributed by atoms with van der Waals surface area (Å²) >= 11 is 6.18. The zero-order valence-electron chi connectivity index (χ0n) is 15.1. The van der Waals surface area contributed by atoms with Gasteiger partial charge in [-0.3, -0.25) is 4.79 Å². The third-order valence-electron chi connectivity index (χ3n) is 5.03. The van der Waals surface area contributed by atoms with Crippen LogP contribution in [0.3, 0.4) is 0 Å². The van der Waals surface area contributed by atoms with E-state index in [9.17, 15) is 4.79 Å². The van der Waals surface area contributed by atoms with Gasteiger partial charge in [0.1, 0.15) is 0 Å². The molecule has 1 amide bonds. The fraction of sp³-hybridized carbons (Fsp3) is 0.286. The Morgan fingerprint density at radius 3 is 2.81 bits per heavy atom. The number of rotatable bonds is 3. The molecular weight excluding hydrogens is 362 g/mol. The molecule has 1 aliphatic heterocycles. The van der Waals surface area contributed by atoms with Gasteiger partial charge in [-0.15, -0.1) is 0 Å². The van der Waals surface area contributed by atoms with Crippen LogP contribution in [0.4, 0.5) is 0 Å². The maximum atomic E-state index is 13.0. The molecule has 1 fully saturated rings. The van der Waals surface area contributed by atoms with E-state index in [4.69, 9.17) is 16.1 Å². The van der Waals surface area contributed by atoms with Gasteiger partial charge < -0.3 is 9.42 Å². The fourth-order valence-corrected chi connectivity index (χ4v) is 3.65. The predicted molar refractivity (Wildman–Crippen MR) is 104 cm³/mol. The lowest BCUT2D eigenvalue weighted by Gasteiger charge is -2.31. The molecule has 27 heavy (non-hydrogen) atoms. The molecule has 6 heteroatoms. The number of carbonyl (C=O) groups is 1. The normalized spacial score (nSPS) is 17.1. The van der Waals surface area contributed by atoms with E-state index in [0.29, 0.717) is 28.8 Å². The van der Waals surface area contributed by atoms with Crippen LogP contribution < -0.4 is 0 Å². The van der Waals surface area contributed by atoms with Crippen LogP contribution in [0, 0.1) is 6.92 Å². The van der Waals surface area contributed by atoms with Crippen molar-refractivity contribution in [1.82, 2.24) is 15.0 Å². The first-order valence-corrected chi connectivity index (χ1v) is 9.44. The van der Waals surface area contributed by atoms with Gasteiger partial charge in [0.2, 0.25) is 11.7 Å². The van der Waals surface area contributed by atoms with Crippen LogP contribution in [-0.4, -0.2) is 34.0 Å². The lowest BCUT2D eigenvalue weighted by Crippen LogP contribution is -2.39. The lowest BCUT2D eigenvalue weighted by atomic mass is 9.96. The molecule has 0 spiro atoms. The summed E-state index contributed by atoms with van der Waals surface area (Å²) in [6.07, 6.45) is 1.83. The van der Waals surface area contributed by atoms with Crippen LogP contribution in [0.5, 0.6) is 0 Å². The van der Waals surface area contributed by atoms with E-state index in [-0.39, 0.29) is 11.8 Å². The Hall–Kier alpha value is -2.66. The number of hydrogen-bond donors (Lipinski definition) is 0. The van der Waals surface area contributed by atoms with Gasteiger partial charge in [0.05, 0.1) is 5.92 Å². The minimum atomic E-state index is 0.00231. The number of carbonyl (C=O) groups excluding carboxylic acids is 1. The topological polar surface area (TPSA) is 59.2 Å². The van der Waals surface area contributed by atoms with Crippen molar-refractivity contribution < 1.29 is 9.32 Å². The molecule has 5 nitrogen and oxygen atoms in total. The summed E-state index contributed by atoms with van der Waals surface area (Å²) < 4.78 is 5.51. The molecule has 0 saturated carbocycles. The summed E-state index contributed by atoms with van der Waals surface area (Å²) in [6, 6.07) is 15.2. The van der Waals surface area contributed by atoms with Crippen LogP contribution in [-0.2, 0) is 0 Å². The Balaban J connectivity index is 1.52. The van der Waals surface area contributed by atoms with E-state index in [2.05, 4.69) is 10.1 Å². The molecule has 1 aromatic heterocycles. The number of piperidine rings is 1. The molecular formula is C21H20ClN3O2. The summed E-state index contributed by atoms with van der Waals surface area (Å²) in [5.41, 5.74) is 2.39. The SMILES string of the molecule is Cc1c(Cl)cccc1C(=O)N1CCC[C@H](c2nc(-c3ccccc3)no2)C1. The molecule has 1 aliphatic rings. The van der Waals surface area contributed by atoms with E-state index >= 15 is 0 Å². The van der Waals surface area contributed by atoms with E-state index in [1.54, 1.807) is 6.07 Å². The molecule has 0 radical (unpaired) electrons. The van der Waals surface area contributed by atoms with E-state index < -0.39 is 0 Å². The van der Waals surface area contributed by atoms with E-state index in [0.717, 1.165) is 30.5 Å². The van der Waals surface area contributed by atoms with Crippen molar-refractivity contribution in [1.29, 1.82) is 0 Å².